The number of hydrogen-bond acceptors (Lipinski definition) is 6. The van der Waals surface area contributed by atoms with Gasteiger partial charge in [0.2, 0.25) is 0 Å². The van der Waals surface area contributed by atoms with Crippen LogP contribution in [-0.4, -0.2) is 37.2 Å². The molecule has 0 saturated carbocycles. The van der Waals surface area contributed by atoms with Crippen molar-refractivity contribution in [1.82, 2.24) is 0 Å². The molecule has 0 aliphatic rings. The highest BCUT2D eigenvalue weighted by Gasteiger charge is 2.19. The molecule has 0 radical (unpaired) electrons. The Morgan fingerprint density at radius 3 is 0.912 bits per heavy atom. The van der Waals surface area contributed by atoms with Gasteiger partial charge in [-0.2, -0.15) is 0 Å². The molecular formula is C62H106O6. The van der Waals surface area contributed by atoms with Crippen LogP contribution >= 0.6 is 0 Å². The van der Waals surface area contributed by atoms with Crippen LogP contribution in [0.5, 0.6) is 0 Å². The van der Waals surface area contributed by atoms with E-state index in [1.54, 1.807) is 0 Å². The van der Waals surface area contributed by atoms with Crippen molar-refractivity contribution in [1.29, 1.82) is 0 Å². The van der Waals surface area contributed by atoms with Gasteiger partial charge in [0.05, 0.1) is 0 Å². The van der Waals surface area contributed by atoms with Gasteiger partial charge in [-0.25, -0.2) is 0 Å². The number of unbranched alkanes of at least 4 members (excludes halogenated alkanes) is 26. The van der Waals surface area contributed by atoms with Crippen LogP contribution in [0.3, 0.4) is 0 Å². The zero-order chi connectivity index (χ0) is 49.3. The maximum atomic E-state index is 12.8. The maximum Gasteiger partial charge on any atom is 0.306 e. The van der Waals surface area contributed by atoms with E-state index in [2.05, 4.69) is 106 Å². The van der Waals surface area contributed by atoms with Crippen LogP contribution in [0.2, 0.25) is 0 Å². The number of carbonyl (C=O) groups is 3. The molecule has 0 aliphatic heterocycles. The van der Waals surface area contributed by atoms with Crippen LogP contribution in [-0.2, 0) is 28.6 Å². The third-order valence-corrected chi connectivity index (χ3v) is 12.1. The second-order valence-corrected chi connectivity index (χ2v) is 18.8. The fourth-order valence-corrected chi connectivity index (χ4v) is 7.85. The van der Waals surface area contributed by atoms with Gasteiger partial charge in [-0.15, -0.1) is 0 Å². The number of rotatable bonds is 51. The smallest absolute Gasteiger partial charge is 0.306 e. The summed E-state index contributed by atoms with van der Waals surface area (Å²) in [5, 5.41) is 0. The largest absolute Gasteiger partial charge is 0.462 e. The highest BCUT2D eigenvalue weighted by molar-refractivity contribution is 5.71. The molecule has 68 heavy (non-hydrogen) atoms. The lowest BCUT2D eigenvalue weighted by Gasteiger charge is -2.18. The zero-order valence-corrected chi connectivity index (χ0v) is 44.6. The van der Waals surface area contributed by atoms with Gasteiger partial charge in [-0.3, -0.25) is 14.4 Å². The first kappa shape index (κ1) is 64.6. The van der Waals surface area contributed by atoms with Crippen LogP contribution in [0.25, 0.3) is 0 Å². The molecule has 6 heteroatoms. The van der Waals surface area contributed by atoms with Crippen LogP contribution < -0.4 is 0 Å². The Morgan fingerprint density at radius 2 is 0.574 bits per heavy atom. The lowest BCUT2D eigenvalue weighted by molar-refractivity contribution is -0.167. The molecule has 0 aromatic rings. The molecule has 0 rings (SSSR count). The minimum Gasteiger partial charge on any atom is -0.462 e. The van der Waals surface area contributed by atoms with E-state index in [4.69, 9.17) is 14.2 Å². The van der Waals surface area contributed by atoms with Gasteiger partial charge in [-0.05, 0) is 96.3 Å². The van der Waals surface area contributed by atoms with Gasteiger partial charge in [0, 0.05) is 19.3 Å². The van der Waals surface area contributed by atoms with Gasteiger partial charge in [0.1, 0.15) is 13.2 Å². The fourth-order valence-electron chi connectivity index (χ4n) is 7.85. The Balaban J connectivity index is 4.24. The van der Waals surface area contributed by atoms with E-state index in [9.17, 15) is 14.4 Å². The van der Waals surface area contributed by atoms with E-state index in [1.165, 1.54) is 116 Å². The topological polar surface area (TPSA) is 78.9 Å². The van der Waals surface area contributed by atoms with E-state index >= 15 is 0 Å². The zero-order valence-electron chi connectivity index (χ0n) is 44.6. The Labute approximate surface area is 420 Å². The molecule has 0 aromatic heterocycles. The van der Waals surface area contributed by atoms with Crippen molar-refractivity contribution in [2.45, 2.75) is 277 Å². The molecule has 0 spiro atoms. The Morgan fingerprint density at radius 1 is 0.309 bits per heavy atom. The van der Waals surface area contributed by atoms with Crippen molar-refractivity contribution >= 4 is 17.9 Å². The fraction of sp³-hybridized carbons (Fsp3) is 0.726. The summed E-state index contributed by atoms with van der Waals surface area (Å²) >= 11 is 0. The van der Waals surface area contributed by atoms with Crippen LogP contribution in [0.4, 0.5) is 0 Å². The summed E-state index contributed by atoms with van der Waals surface area (Å²) in [4.78, 5) is 38.0. The van der Waals surface area contributed by atoms with E-state index < -0.39 is 6.10 Å². The Bertz CT molecular complexity index is 1320. The average molecular weight is 948 g/mol. The van der Waals surface area contributed by atoms with Crippen molar-refractivity contribution in [3.8, 4) is 0 Å². The number of allylic oxidation sites excluding steroid dienone is 14. The minimum absolute atomic E-state index is 0.0804. The molecule has 6 nitrogen and oxygen atoms in total. The van der Waals surface area contributed by atoms with Crippen molar-refractivity contribution in [3.05, 3.63) is 85.1 Å². The molecule has 0 fully saturated rings. The van der Waals surface area contributed by atoms with Gasteiger partial charge in [-0.1, -0.05) is 241 Å². The lowest BCUT2D eigenvalue weighted by Crippen LogP contribution is -2.30. The molecule has 390 valence electrons. The standard InChI is InChI=1S/C62H106O6/c1-4-7-10-13-16-19-21-23-25-26-27-28-29-30-31-32-33-34-35-36-37-39-40-43-46-49-52-55-61(64)67-58-59(57-66-60(63)54-51-48-45-42-18-15-12-9-6-3)68-62(65)56-53-50-47-44-41-38-24-22-20-17-14-11-8-5-2/h7,10,16,19,22-25,27-28,30-31,33-34,59H,4-6,8-9,11-15,17-18,20-21,26,29,32,35-58H2,1-3H3/b10-7-,19-16-,24-22-,25-23-,28-27-,31-30-,34-33-. The van der Waals surface area contributed by atoms with Gasteiger partial charge < -0.3 is 14.2 Å². The Hall–Kier alpha value is -3.41. The van der Waals surface area contributed by atoms with Crippen molar-refractivity contribution in [2.75, 3.05) is 13.2 Å². The average Bonchev–Trinajstić information content (AvgIpc) is 3.34. The molecule has 0 aliphatic carbocycles. The van der Waals surface area contributed by atoms with Crippen molar-refractivity contribution < 1.29 is 28.6 Å². The number of hydrogen-bond donors (Lipinski definition) is 0. The summed E-state index contributed by atoms with van der Waals surface area (Å²) in [6.45, 7) is 6.49. The molecule has 0 aromatic carbocycles. The van der Waals surface area contributed by atoms with Gasteiger partial charge in [0.15, 0.2) is 6.10 Å². The second-order valence-electron chi connectivity index (χ2n) is 18.8. The lowest BCUT2D eigenvalue weighted by atomic mass is 10.1. The number of carbonyl (C=O) groups excluding carboxylic acids is 3. The van der Waals surface area contributed by atoms with Crippen LogP contribution in [0, 0.1) is 0 Å². The molecular weight excluding hydrogens is 841 g/mol. The third-order valence-electron chi connectivity index (χ3n) is 12.1. The molecule has 0 bridgehead atoms. The monoisotopic (exact) mass is 947 g/mol. The first-order valence-corrected chi connectivity index (χ1v) is 28.6. The normalized spacial score (nSPS) is 12.7. The van der Waals surface area contributed by atoms with Gasteiger partial charge in [0.25, 0.3) is 0 Å². The molecule has 1 atom stereocenters. The predicted molar refractivity (Wildman–Crippen MR) is 293 cm³/mol. The first-order chi connectivity index (χ1) is 33.5. The van der Waals surface area contributed by atoms with E-state index in [0.29, 0.717) is 19.3 Å². The highest BCUT2D eigenvalue weighted by Crippen LogP contribution is 2.15. The van der Waals surface area contributed by atoms with Gasteiger partial charge >= 0.3 is 17.9 Å². The van der Waals surface area contributed by atoms with Crippen LogP contribution in [0.15, 0.2) is 85.1 Å². The number of ether oxygens (including phenoxy) is 3. The third kappa shape index (κ3) is 53.5. The summed E-state index contributed by atoms with van der Waals surface area (Å²) < 4.78 is 16.8. The highest BCUT2D eigenvalue weighted by atomic mass is 16.6. The summed E-state index contributed by atoms with van der Waals surface area (Å²) in [6.07, 6.45) is 73.0. The first-order valence-electron chi connectivity index (χ1n) is 28.6. The van der Waals surface area contributed by atoms with E-state index in [0.717, 1.165) is 116 Å². The summed E-state index contributed by atoms with van der Waals surface area (Å²) in [7, 11) is 0. The van der Waals surface area contributed by atoms with Crippen molar-refractivity contribution in [2.24, 2.45) is 0 Å². The SMILES string of the molecule is CC/C=C\C/C=C\C/C=C\C/C=C\C/C=C\C/C=C\CCCCCCCCCCC(=O)OCC(COC(=O)CCCCCCCCCCC)OC(=O)CCCCCCC/C=C\CCCCCCC. The molecule has 0 amide bonds. The van der Waals surface area contributed by atoms with Crippen molar-refractivity contribution in [3.63, 3.8) is 0 Å². The molecule has 0 N–H and O–H groups in total. The number of esters is 3. The Kier molecular flexibility index (Phi) is 53.4. The summed E-state index contributed by atoms with van der Waals surface area (Å²) in [5.74, 6) is -0.896. The minimum atomic E-state index is -0.781. The maximum absolute atomic E-state index is 12.8. The van der Waals surface area contributed by atoms with Crippen LogP contribution in [0.1, 0.15) is 271 Å². The molecule has 0 saturated heterocycles. The predicted octanol–water partition coefficient (Wildman–Crippen LogP) is 19.2. The molecule has 1 unspecified atom stereocenters. The van der Waals surface area contributed by atoms with E-state index in [1.807, 2.05) is 0 Å². The molecule has 0 heterocycles. The van der Waals surface area contributed by atoms with E-state index in [-0.39, 0.29) is 31.1 Å². The summed E-state index contributed by atoms with van der Waals surface area (Å²) in [5.41, 5.74) is 0. The summed E-state index contributed by atoms with van der Waals surface area (Å²) in [6, 6.07) is 0. The quantitative estimate of drug-likeness (QED) is 0.0262. The second kappa shape index (κ2) is 56.2.